The predicted octanol–water partition coefficient (Wildman–Crippen LogP) is 2.10. The highest BCUT2D eigenvalue weighted by atomic mass is 16.3. The Morgan fingerprint density at radius 2 is 1.52 bits per heavy atom. The van der Waals surface area contributed by atoms with Gasteiger partial charge < -0.3 is 14.9 Å². The largest absolute Gasteiger partial charge is 0.508 e. The maximum absolute atomic E-state index is 9.60. The van der Waals surface area contributed by atoms with E-state index in [4.69, 9.17) is 0 Å². The van der Waals surface area contributed by atoms with Crippen molar-refractivity contribution in [3.63, 3.8) is 0 Å². The first-order valence-electron chi connectivity index (χ1n) is 9.10. The number of piperazine rings is 1. The number of anilines is 2. The number of hydrogen-bond donors (Lipinski definition) is 1. The van der Waals surface area contributed by atoms with Crippen molar-refractivity contribution >= 4 is 11.6 Å². The Balaban J connectivity index is 1.36. The molecule has 1 N–H and O–H groups in total. The highest BCUT2D eigenvalue weighted by molar-refractivity contribution is 5.50. The number of nitrogens with zero attached hydrogens (tertiary/aromatic N) is 5. The van der Waals surface area contributed by atoms with Gasteiger partial charge in [0.2, 0.25) is 0 Å². The van der Waals surface area contributed by atoms with E-state index in [9.17, 15) is 5.11 Å². The SMILES string of the molecule is Oc1cccc(CN2CCN(c3cc(N4CCCC4)ncn3)CC2)c1. The molecule has 2 fully saturated rings. The zero-order chi connectivity index (χ0) is 17.1. The van der Waals surface area contributed by atoms with E-state index >= 15 is 0 Å². The summed E-state index contributed by atoms with van der Waals surface area (Å²) in [5.74, 6) is 2.44. The molecule has 1 aromatic carbocycles. The molecule has 4 rings (SSSR count). The van der Waals surface area contributed by atoms with Crippen LogP contribution in [-0.2, 0) is 6.54 Å². The first-order valence-corrected chi connectivity index (χ1v) is 9.10. The molecule has 0 bridgehead atoms. The fraction of sp³-hybridized carbons (Fsp3) is 0.474. The Bertz CT molecular complexity index is 708. The summed E-state index contributed by atoms with van der Waals surface area (Å²) in [4.78, 5) is 16.1. The molecule has 0 spiro atoms. The van der Waals surface area contributed by atoms with Gasteiger partial charge in [0.15, 0.2) is 0 Å². The summed E-state index contributed by atoms with van der Waals surface area (Å²) in [6.07, 6.45) is 4.21. The van der Waals surface area contributed by atoms with Crippen LogP contribution in [0.4, 0.5) is 11.6 Å². The normalized spacial score (nSPS) is 18.7. The van der Waals surface area contributed by atoms with Gasteiger partial charge in [-0.1, -0.05) is 12.1 Å². The van der Waals surface area contributed by atoms with E-state index < -0.39 is 0 Å². The van der Waals surface area contributed by atoms with Gasteiger partial charge in [0, 0.05) is 51.9 Å². The molecule has 6 heteroatoms. The fourth-order valence-electron chi connectivity index (χ4n) is 3.68. The molecule has 6 nitrogen and oxygen atoms in total. The number of aromatic hydroxyl groups is 1. The zero-order valence-corrected chi connectivity index (χ0v) is 14.5. The van der Waals surface area contributed by atoms with Crippen LogP contribution in [0.2, 0.25) is 0 Å². The number of phenols is 1. The second kappa shape index (κ2) is 7.27. The Labute approximate surface area is 148 Å². The molecule has 25 heavy (non-hydrogen) atoms. The van der Waals surface area contributed by atoms with E-state index in [0.29, 0.717) is 5.75 Å². The van der Waals surface area contributed by atoms with Gasteiger partial charge in [-0.2, -0.15) is 0 Å². The van der Waals surface area contributed by atoms with Crippen molar-refractivity contribution in [2.45, 2.75) is 19.4 Å². The molecule has 0 saturated carbocycles. The minimum Gasteiger partial charge on any atom is -0.508 e. The van der Waals surface area contributed by atoms with Crippen LogP contribution >= 0.6 is 0 Å². The summed E-state index contributed by atoms with van der Waals surface area (Å²) < 4.78 is 0. The van der Waals surface area contributed by atoms with E-state index in [1.807, 2.05) is 12.1 Å². The minimum atomic E-state index is 0.339. The lowest BCUT2D eigenvalue weighted by Gasteiger charge is -2.35. The van der Waals surface area contributed by atoms with E-state index in [1.54, 1.807) is 12.4 Å². The summed E-state index contributed by atoms with van der Waals surface area (Å²) in [5, 5.41) is 9.60. The van der Waals surface area contributed by atoms with E-state index in [-0.39, 0.29) is 0 Å². The van der Waals surface area contributed by atoms with Gasteiger partial charge in [0.25, 0.3) is 0 Å². The summed E-state index contributed by atoms with van der Waals surface area (Å²) in [6, 6.07) is 9.67. The number of hydrogen-bond acceptors (Lipinski definition) is 6. The van der Waals surface area contributed by atoms with Crippen molar-refractivity contribution in [1.29, 1.82) is 0 Å². The topological polar surface area (TPSA) is 55.7 Å². The Kier molecular flexibility index (Phi) is 4.70. The van der Waals surface area contributed by atoms with Gasteiger partial charge >= 0.3 is 0 Å². The molecule has 2 aromatic rings. The molecule has 2 saturated heterocycles. The molecule has 0 aliphatic carbocycles. The van der Waals surface area contributed by atoms with Crippen molar-refractivity contribution < 1.29 is 5.11 Å². The molecule has 132 valence electrons. The first-order chi connectivity index (χ1) is 12.3. The Morgan fingerprint density at radius 1 is 0.840 bits per heavy atom. The van der Waals surface area contributed by atoms with Crippen LogP contribution < -0.4 is 9.80 Å². The highest BCUT2D eigenvalue weighted by Crippen LogP contribution is 2.22. The van der Waals surface area contributed by atoms with Crippen LogP contribution in [0.3, 0.4) is 0 Å². The van der Waals surface area contributed by atoms with Gasteiger partial charge in [0.1, 0.15) is 23.7 Å². The van der Waals surface area contributed by atoms with Crippen molar-refractivity contribution in [3.8, 4) is 5.75 Å². The minimum absolute atomic E-state index is 0.339. The van der Waals surface area contributed by atoms with Gasteiger partial charge in [-0.25, -0.2) is 9.97 Å². The smallest absolute Gasteiger partial charge is 0.134 e. The third-order valence-corrected chi connectivity index (χ3v) is 5.08. The summed E-state index contributed by atoms with van der Waals surface area (Å²) >= 11 is 0. The van der Waals surface area contributed by atoms with E-state index in [1.165, 1.54) is 12.8 Å². The van der Waals surface area contributed by atoms with Crippen LogP contribution in [0.1, 0.15) is 18.4 Å². The van der Waals surface area contributed by atoms with Gasteiger partial charge in [-0.3, -0.25) is 4.90 Å². The second-order valence-corrected chi connectivity index (χ2v) is 6.86. The lowest BCUT2D eigenvalue weighted by atomic mass is 10.2. The third-order valence-electron chi connectivity index (χ3n) is 5.08. The Morgan fingerprint density at radius 3 is 2.20 bits per heavy atom. The fourth-order valence-corrected chi connectivity index (χ4v) is 3.68. The lowest BCUT2D eigenvalue weighted by Crippen LogP contribution is -2.46. The van der Waals surface area contributed by atoms with Crippen LogP contribution in [0.25, 0.3) is 0 Å². The zero-order valence-electron chi connectivity index (χ0n) is 14.5. The molecular formula is C19H25N5O. The lowest BCUT2D eigenvalue weighted by molar-refractivity contribution is 0.249. The maximum atomic E-state index is 9.60. The maximum Gasteiger partial charge on any atom is 0.134 e. The number of rotatable bonds is 4. The molecule has 0 radical (unpaired) electrons. The average Bonchev–Trinajstić information content (AvgIpc) is 3.17. The second-order valence-electron chi connectivity index (χ2n) is 6.86. The average molecular weight is 339 g/mol. The van der Waals surface area contributed by atoms with Crippen LogP contribution in [0.15, 0.2) is 36.7 Å². The van der Waals surface area contributed by atoms with Gasteiger partial charge in [-0.15, -0.1) is 0 Å². The number of phenolic OH excluding ortho intramolecular Hbond substituents is 1. The number of aromatic nitrogens is 2. The van der Waals surface area contributed by atoms with E-state index in [0.717, 1.165) is 63.0 Å². The molecule has 2 aliphatic heterocycles. The van der Waals surface area contributed by atoms with E-state index in [2.05, 4.69) is 36.8 Å². The van der Waals surface area contributed by atoms with Crippen LogP contribution in [0.5, 0.6) is 5.75 Å². The summed E-state index contributed by atoms with van der Waals surface area (Å²) in [5.41, 5.74) is 1.16. The van der Waals surface area contributed by atoms with Gasteiger partial charge in [-0.05, 0) is 30.5 Å². The molecule has 2 aliphatic rings. The first kappa shape index (κ1) is 16.1. The van der Waals surface area contributed by atoms with Crippen LogP contribution in [0, 0.1) is 0 Å². The van der Waals surface area contributed by atoms with Crippen molar-refractivity contribution in [2.24, 2.45) is 0 Å². The van der Waals surface area contributed by atoms with Crippen LogP contribution in [-0.4, -0.2) is 59.2 Å². The molecular weight excluding hydrogens is 314 g/mol. The third kappa shape index (κ3) is 3.85. The molecule has 3 heterocycles. The molecule has 0 atom stereocenters. The predicted molar refractivity (Wildman–Crippen MR) is 99.1 cm³/mol. The number of benzene rings is 1. The monoisotopic (exact) mass is 339 g/mol. The summed E-state index contributed by atoms with van der Waals surface area (Å²) in [7, 11) is 0. The van der Waals surface area contributed by atoms with Gasteiger partial charge in [0.05, 0.1) is 0 Å². The molecule has 0 unspecified atom stereocenters. The Hall–Kier alpha value is -2.34. The highest BCUT2D eigenvalue weighted by Gasteiger charge is 2.20. The quantitative estimate of drug-likeness (QED) is 0.921. The van der Waals surface area contributed by atoms with Crippen molar-refractivity contribution in [1.82, 2.24) is 14.9 Å². The molecule has 1 aromatic heterocycles. The standard InChI is InChI=1S/C19H25N5O/c25-17-5-3-4-16(12-17)14-22-8-10-24(11-9-22)19-13-18(20-15-21-19)23-6-1-2-7-23/h3-5,12-13,15,25H,1-2,6-11,14H2. The van der Waals surface area contributed by atoms with Crippen molar-refractivity contribution in [2.75, 3.05) is 49.1 Å². The molecule has 0 amide bonds. The van der Waals surface area contributed by atoms with Crippen molar-refractivity contribution in [3.05, 3.63) is 42.2 Å². The summed E-state index contributed by atoms with van der Waals surface area (Å²) in [6.45, 7) is 7.02.